The van der Waals surface area contributed by atoms with Crippen molar-refractivity contribution >= 4 is 5.78 Å². The van der Waals surface area contributed by atoms with Gasteiger partial charge in [0, 0.05) is 60.2 Å². The van der Waals surface area contributed by atoms with Crippen LogP contribution in [-0.2, 0) is 6.54 Å². The Morgan fingerprint density at radius 2 is 1.73 bits per heavy atom. The lowest BCUT2D eigenvalue weighted by Gasteiger charge is -2.38. The number of hydrogen-bond donors (Lipinski definition) is 1. The Morgan fingerprint density at radius 3 is 2.51 bits per heavy atom. The van der Waals surface area contributed by atoms with E-state index >= 15 is 0 Å². The van der Waals surface area contributed by atoms with E-state index in [1.165, 1.54) is 16.6 Å². The molecule has 0 radical (unpaired) electrons. The Bertz CT molecular complexity index is 1890. The summed E-state index contributed by atoms with van der Waals surface area (Å²) >= 11 is 0. The van der Waals surface area contributed by atoms with Crippen molar-refractivity contribution in [2.24, 2.45) is 0 Å². The second kappa shape index (κ2) is 9.93. The smallest absolute Gasteiger partial charge is 0.252 e. The molecule has 1 N–H and O–H groups in total. The molecule has 1 fully saturated rings. The van der Waals surface area contributed by atoms with E-state index in [1.54, 1.807) is 13.1 Å². The Morgan fingerprint density at radius 1 is 0.902 bits per heavy atom. The van der Waals surface area contributed by atoms with Crippen LogP contribution >= 0.6 is 0 Å². The van der Waals surface area contributed by atoms with Crippen LogP contribution in [0, 0.1) is 25.5 Å². The molecule has 5 heterocycles. The number of benzene rings is 2. The van der Waals surface area contributed by atoms with Gasteiger partial charge in [0.25, 0.3) is 5.78 Å². The molecule has 0 spiro atoms. The van der Waals surface area contributed by atoms with Crippen LogP contribution in [0.25, 0.3) is 39.7 Å². The van der Waals surface area contributed by atoms with Gasteiger partial charge >= 0.3 is 0 Å². The van der Waals surface area contributed by atoms with Crippen molar-refractivity contribution < 1.29 is 8.78 Å². The van der Waals surface area contributed by atoms with Gasteiger partial charge < -0.3 is 0 Å². The van der Waals surface area contributed by atoms with Crippen LogP contribution < -0.4 is 0 Å². The summed E-state index contributed by atoms with van der Waals surface area (Å²) < 4.78 is 30.0. The minimum Gasteiger partial charge on any atom is -0.298 e. The molecule has 9 nitrogen and oxygen atoms in total. The largest absolute Gasteiger partial charge is 0.298 e. The SMILES string of the molecule is Cc1cccc(-c2n[nH]c(C3CN(Cc4ccc(-c5nc6nc(C)nn6cc5-c5ccc(F)cc5F)cc4)C3)n2)n1. The molecule has 0 aliphatic carbocycles. The molecule has 7 rings (SSSR count). The van der Waals surface area contributed by atoms with Crippen molar-refractivity contribution in [3.63, 3.8) is 0 Å². The zero-order chi connectivity index (χ0) is 28.1. The maximum Gasteiger partial charge on any atom is 0.252 e. The van der Waals surface area contributed by atoms with Gasteiger partial charge in [0.15, 0.2) is 5.82 Å². The van der Waals surface area contributed by atoms with Gasteiger partial charge in [-0.3, -0.25) is 10.00 Å². The number of likely N-dealkylation sites (tertiary alicyclic amines) is 1. The summed E-state index contributed by atoms with van der Waals surface area (Å²) in [6, 6.07) is 17.4. The molecule has 0 saturated carbocycles. The normalized spacial score (nSPS) is 14.0. The predicted molar refractivity (Wildman–Crippen MR) is 149 cm³/mol. The lowest BCUT2D eigenvalue weighted by molar-refractivity contribution is 0.135. The van der Waals surface area contributed by atoms with E-state index in [4.69, 9.17) is 4.98 Å². The number of nitrogens with zero attached hydrogens (tertiary/aromatic N) is 8. The fourth-order valence-corrected chi connectivity index (χ4v) is 5.19. The Kier molecular flexibility index (Phi) is 6.08. The molecule has 2 aromatic carbocycles. The average molecular weight is 550 g/mol. The van der Waals surface area contributed by atoms with E-state index in [1.807, 2.05) is 49.4 Å². The van der Waals surface area contributed by atoms with Crippen LogP contribution in [-0.4, -0.2) is 57.7 Å². The van der Waals surface area contributed by atoms with Crippen molar-refractivity contribution in [3.8, 4) is 33.9 Å². The third-order valence-corrected chi connectivity index (χ3v) is 7.26. The molecule has 0 unspecified atom stereocenters. The molecule has 0 bridgehead atoms. The number of H-pyrrole nitrogens is 1. The molecule has 4 aromatic heterocycles. The van der Waals surface area contributed by atoms with E-state index in [-0.39, 0.29) is 11.5 Å². The van der Waals surface area contributed by atoms with Gasteiger partial charge in [-0.2, -0.15) is 15.2 Å². The minimum absolute atomic E-state index is 0.244. The standard InChI is InChI=1S/C30H25F2N9/c1-17-4-3-5-26(33-17)29-36-28(37-38-29)21-14-40(15-21)13-19-6-8-20(9-7-19)27-24(23-11-10-22(31)12-25(23)32)16-41-30(35-27)34-18(2)39-41/h3-12,16,21H,13-15H2,1-2H3,(H,36,37,38). The molecule has 1 aliphatic rings. The number of rotatable bonds is 6. The maximum atomic E-state index is 14.8. The van der Waals surface area contributed by atoms with Gasteiger partial charge in [-0.25, -0.2) is 28.2 Å². The lowest BCUT2D eigenvalue weighted by Crippen LogP contribution is -2.44. The quantitative estimate of drug-likeness (QED) is 0.307. The second-order valence-corrected chi connectivity index (χ2v) is 10.3. The first-order valence-electron chi connectivity index (χ1n) is 13.3. The van der Waals surface area contributed by atoms with E-state index in [9.17, 15) is 8.78 Å². The first kappa shape index (κ1) is 25.1. The second-order valence-electron chi connectivity index (χ2n) is 10.3. The highest BCUT2D eigenvalue weighted by molar-refractivity contribution is 5.81. The summed E-state index contributed by atoms with van der Waals surface area (Å²) in [6.45, 7) is 6.24. The molecule has 6 aromatic rings. The van der Waals surface area contributed by atoms with E-state index in [0.717, 1.165) is 54.0 Å². The Labute approximate surface area is 234 Å². The zero-order valence-electron chi connectivity index (χ0n) is 22.4. The van der Waals surface area contributed by atoms with E-state index in [0.29, 0.717) is 28.7 Å². The van der Waals surface area contributed by atoms with Crippen LogP contribution in [0.4, 0.5) is 8.78 Å². The van der Waals surface area contributed by atoms with Gasteiger partial charge in [0.2, 0.25) is 0 Å². The van der Waals surface area contributed by atoms with Gasteiger partial charge in [-0.05, 0) is 43.7 Å². The molecule has 0 atom stereocenters. The third-order valence-electron chi connectivity index (χ3n) is 7.26. The monoisotopic (exact) mass is 549 g/mol. The molecule has 41 heavy (non-hydrogen) atoms. The van der Waals surface area contributed by atoms with Crippen LogP contribution in [0.2, 0.25) is 0 Å². The predicted octanol–water partition coefficient (Wildman–Crippen LogP) is 5.13. The Balaban J connectivity index is 1.08. The highest BCUT2D eigenvalue weighted by atomic mass is 19.1. The summed E-state index contributed by atoms with van der Waals surface area (Å²) in [7, 11) is 0. The highest BCUT2D eigenvalue weighted by Gasteiger charge is 2.31. The third kappa shape index (κ3) is 4.84. The van der Waals surface area contributed by atoms with Gasteiger partial charge in [-0.15, -0.1) is 0 Å². The molecule has 204 valence electrons. The Hall–Kier alpha value is -4.90. The number of aryl methyl sites for hydroxylation is 2. The number of fused-ring (bicyclic) bond motifs is 1. The van der Waals surface area contributed by atoms with E-state index < -0.39 is 11.6 Å². The molecule has 1 saturated heterocycles. The topological polar surface area (TPSA) is 101 Å². The highest BCUT2D eigenvalue weighted by Crippen LogP contribution is 2.33. The number of halogens is 2. The summed E-state index contributed by atoms with van der Waals surface area (Å²) in [4.78, 5) is 20.6. The van der Waals surface area contributed by atoms with Crippen molar-refractivity contribution in [1.29, 1.82) is 0 Å². The van der Waals surface area contributed by atoms with Crippen molar-refractivity contribution in [3.05, 3.63) is 101 Å². The van der Waals surface area contributed by atoms with Crippen molar-refractivity contribution in [2.75, 3.05) is 13.1 Å². The average Bonchev–Trinajstić information content (AvgIpc) is 3.56. The number of hydrogen-bond acceptors (Lipinski definition) is 7. The van der Waals surface area contributed by atoms with Crippen LogP contribution in [0.15, 0.2) is 66.9 Å². The lowest BCUT2D eigenvalue weighted by atomic mass is 9.97. The number of aromatic nitrogens is 8. The summed E-state index contributed by atoms with van der Waals surface area (Å²) in [5.41, 5.74) is 4.94. The molecular weight excluding hydrogens is 524 g/mol. The van der Waals surface area contributed by atoms with Gasteiger partial charge in [0.05, 0.1) is 5.69 Å². The molecule has 1 aliphatic heterocycles. The fraction of sp³-hybridized carbons (Fsp3) is 0.200. The molecule has 11 heteroatoms. The van der Waals surface area contributed by atoms with Crippen molar-refractivity contribution in [1.82, 2.24) is 44.6 Å². The summed E-state index contributed by atoms with van der Waals surface area (Å²) in [6.07, 6.45) is 1.69. The van der Waals surface area contributed by atoms with Crippen LogP contribution in [0.5, 0.6) is 0 Å². The van der Waals surface area contributed by atoms with Crippen molar-refractivity contribution in [2.45, 2.75) is 26.3 Å². The first-order valence-corrected chi connectivity index (χ1v) is 13.3. The minimum atomic E-state index is -0.665. The van der Waals surface area contributed by atoms with Gasteiger partial charge in [0.1, 0.15) is 29.0 Å². The summed E-state index contributed by atoms with van der Waals surface area (Å²) in [5.74, 6) is 1.44. The first-order chi connectivity index (χ1) is 19.9. The molecular formula is C30H25F2N9. The number of nitrogens with one attached hydrogen (secondary N) is 1. The molecule has 0 amide bonds. The number of aromatic amines is 1. The maximum absolute atomic E-state index is 14.8. The fourth-order valence-electron chi connectivity index (χ4n) is 5.19. The van der Waals surface area contributed by atoms with E-state index in [2.05, 4.69) is 35.1 Å². The van der Waals surface area contributed by atoms with Crippen LogP contribution in [0.1, 0.15) is 28.8 Å². The summed E-state index contributed by atoms with van der Waals surface area (Å²) in [5, 5.41) is 11.8. The number of pyridine rings is 1. The van der Waals surface area contributed by atoms with Crippen LogP contribution in [0.3, 0.4) is 0 Å². The van der Waals surface area contributed by atoms with Gasteiger partial charge in [-0.1, -0.05) is 30.3 Å². The zero-order valence-corrected chi connectivity index (χ0v) is 22.4.